The maximum absolute atomic E-state index is 13.8. The van der Waals surface area contributed by atoms with Gasteiger partial charge in [-0.2, -0.15) is 0 Å². The largest absolute Gasteiger partial charge is 0.497 e. The molecule has 208 valence electrons. The number of hydrogen-bond donors (Lipinski definition) is 1. The van der Waals surface area contributed by atoms with Gasteiger partial charge in [-0.05, 0) is 81.3 Å². The third-order valence-corrected chi connectivity index (χ3v) is 7.91. The lowest BCUT2D eigenvalue weighted by Gasteiger charge is -2.32. The second-order valence-corrected chi connectivity index (χ2v) is 11.2. The van der Waals surface area contributed by atoms with Crippen molar-refractivity contribution in [2.24, 2.45) is 0 Å². The van der Waals surface area contributed by atoms with Crippen LogP contribution in [0.4, 0.5) is 10.1 Å². The summed E-state index contributed by atoms with van der Waals surface area (Å²) in [5, 5.41) is 2.82. The first-order chi connectivity index (χ1) is 18.5. The molecule has 0 aliphatic rings. The number of anilines is 1. The van der Waals surface area contributed by atoms with Crippen molar-refractivity contribution in [2.45, 2.75) is 44.2 Å². The van der Waals surface area contributed by atoms with E-state index in [-0.39, 0.29) is 29.1 Å². The molecule has 0 aromatic heterocycles. The third-order valence-electron chi connectivity index (χ3n) is 6.12. The van der Waals surface area contributed by atoms with Crippen LogP contribution >= 0.6 is 0 Å². The van der Waals surface area contributed by atoms with Crippen molar-refractivity contribution in [1.29, 1.82) is 0 Å². The molecule has 0 heterocycles. The highest BCUT2D eigenvalue weighted by atomic mass is 32.2. The Morgan fingerprint density at radius 1 is 0.923 bits per heavy atom. The lowest BCUT2D eigenvalue weighted by Crippen LogP contribution is -2.53. The van der Waals surface area contributed by atoms with Gasteiger partial charge in [0.2, 0.25) is 11.8 Å². The Labute approximate surface area is 229 Å². The average molecular weight is 556 g/mol. The van der Waals surface area contributed by atoms with Crippen molar-refractivity contribution in [3.63, 3.8) is 0 Å². The molecule has 10 heteroatoms. The van der Waals surface area contributed by atoms with Crippen molar-refractivity contribution in [1.82, 2.24) is 10.2 Å². The molecule has 2 amide bonds. The summed E-state index contributed by atoms with van der Waals surface area (Å²) < 4.78 is 47.3. The molecule has 3 rings (SSSR count). The number of nitrogens with one attached hydrogen (secondary N) is 1. The standard InChI is InChI=1S/C29H34FN3O5S/c1-21(2)31-29(35)22(3)32(19-18-23-8-6-5-7-9-23)28(34)20-33(25-12-10-24(30)11-13-25)39(36,37)27-16-14-26(38-4)15-17-27/h5-17,21-22H,18-20H2,1-4H3,(H,31,35)/t22-/m1/s1. The number of rotatable bonds is 12. The van der Waals surface area contributed by atoms with Gasteiger partial charge in [-0.3, -0.25) is 13.9 Å². The van der Waals surface area contributed by atoms with Crippen LogP contribution in [0.3, 0.4) is 0 Å². The van der Waals surface area contributed by atoms with E-state index >= 15 is 0 Å². The zero-order valence-electron chi connectivity index (χ0n) is 22.5. The first-order valence-corrected chi connectivity index (χ1v) is 14.0. The lowest BCUT2D eigenvalue weighted by atomic mass is 10.1. The van der Waals surface area contributed by atoms with Gasteiger partial charge in [-0.15, -0.1) is 0 Å². The summed E-state index contributed by atoms with van der Waals surface area (Å²) in [5.41, 5.74) is 1.08. The molecule has 39 heavy (non-hydrogen) atoms. The van der Waals surface area contributed by atoms with Gasteiger partial charge in [0, 0.05) is 12.6 Å². The van der Waals surface area contributed by atoms with Crippen molar-refractivity contribution < 1.29 is 27.1 Å². The molecule has 0 saturated heterocycles. The molecule has 1 N–H and O–H groups in total. The number of ether oxygens (including phenoxy) is 1. The van der Waals surface area contributed by atoms with E-state index in [0.717, 1.165) is 22.0 Å². The molecule has 0 radical (unpaired) electrons. The fraction of sp³-hybridized carbons (Fsp3) is 0.310. The predicted molar refractivity (Wildman–Crippen MR) is 149 cm³/mol. The number of hydrogen-bond acceptors (Lipinski definition) is 5. The monoisotopic (exact) mass is 555 g/mol. The van der Waals surface area contributed by atoms with Gasteiger partial charge >= 0.3 is 0 Å². The first kappa shape index (κ1) is 29.6. The Morgan fingerprint density at radius 3 is 2.10 bits per heavy atom. The van der Waals surface area contributed by atoms with Crippen LogP contribution in [0.5, 0.6) is 5.75 Å². The summed E-state index contributed by atoms with van der Waals surface area (Å²) in [6.45, 7) is 4.85. The third kappa shape index (κ3) is 7.79. The molecule has 0 unspecified atom stereocenters. The first-order valence-electron chi connectivity index (χ1n) is 12.6. The molecule has 0 aliphatic carbocycles. The molecule has 3 aromatic carbocycles. The van der Waals surface area contributed by atoms with Crippen molar-refractivity contribution in [2.75, 3.05) is 24.5 Å². The second kappa shape index (κ2) is 13.2. The summed E-state index contributed by atoms with van der Waals surface area (Å²) in [7, 11) is -2.78. The number of halogens is 1. The fourth-order valence-electron chi connectivity index (χ4n) is 3.99. The molecular formula is C29H34FN3O5S. The van der Waals surface area contributed by atoms with E-state index in [1.54, 1.807) is 6.92 Å². The number of carbonyl (C=O) groups excluding carboxylic acids is 2. The minimum absolute atomic E-state index is 0.0677. The Hall–Kier alpha value is -3.92. The van der Waals surface area contributed by atoms with Crippen LogP contribution in [0, 0.1) is 5.82 Å². The van der Waals surface area contributed by atoms with E-state index in [1.165, 1.54) is 48.4 Å². The molecule has 3 aromatic rings. The van der Waals surface area contributed by atoms with Crippen molar-refractivity contribution in [3.05, 3.63) is 90.2 Å². The summed E-state index contributed by atoms with van der Waals surface area (Å²) in [5.74, 6) is -0.998. The zero-order chi connectivity index (χ0) is 28.6. The Balaban J connectivity index is 1.97. The van der Waals surface area contributed by atoms with E-state index in [0.29, 0.717) is 12.2 Å². The second-order valence-electron chi connectivity index (χ2n) is 9.33. The summed E-state index contributed by atoms with van der Waals surface area (Å²) in [4.78, 5) is 28.0. The van der Waals surface area contributed by atoms with E-state index in [9.17, 15) is 22.4 Å². The predicted octanol–water partition coefficient (Wildman–Crippen LogP) is 4.01. The van der Waals surface area contributed by atoms with Crippen LogP contribution < -0.4 is 14.4 Å². The summed E-state index contributed by atoms with van der Waals surface area (Å²) in [6.07, 6.45) is 0.466. The average Bonchev–Trinajstić information content (AvgIpc) is 2.92. The molecule has 1 atom stereocenters. The molecule has 0 saturated carbocycles. The normalized spacial score (nSPS) is 12.1. The van der Waals surface area contributed by atoms with Gasteiger partial charge in [0.05, 0.1) is 17.7 Å². The Kier molecular flexibility index (Phi) is 10.1. The highest BCUT2D eigenvalue weighted by Crippen LogP contribution is 2.26. The maximum atomic E-state index is 13.8. The summed E-state index contributed by atoms with van der Waals surface area (Å²) in [6, 6.07) is 19.1. The molecule has 0 aliphatic heterocycles. The number of sulfonamides is 1. The Bertz CT molecular complexity index is 1350. The fourth-order valence-corrected chi connectivity index (χ4v) is 5.40. The summed E-state index contributed by atoms with van der Waals surface area (Å²) >= 11 is 0. The molecule has 0 fully saturated rings. The van der Waals surface area contributed by atoms with Gasteiger partial charge in [0.25, 0.3) is 10.0 Å². The van der Waals surface area contributed by atoms with Gasteiger partial charge < -0.3 is 15.0 Å². The quantitative estimate of drug-likeness (QED) is 0.364. The molecule has 8 nitrogen and oxygen atoms in total. The van der Waals surface area contributed by atoms with Crippen LogP contribution in [0.1, 0.15) is 26.3 Å². The smallest absolute Gasteiger partial charge is 0.264 e. The van der Waals surface area contributed by atoms with Crippen LogP contribution in [-0.4, -0.2) is 57.4 Å². The molecule has 0 bridgehead atoms. The van der Waals surface area contributed by atoms with Crippen LogP contribution in [0.2, 0.25) is 0 Å². The number of carbonyl (C=O) groups is 2. The van der Waals surface area contributed by atoms with Gasteiger partial charge in [-0.25, -0.2) is 12.8 Å². The number of amides is 2. The van der Waals surface area contributed by atoms with E-state index in [1.807, 2.05) is 44.2 Å². The minimum Gasteiger partial charge on any atom is -0.497 e. The number of nitrogens with zero attached hydrogens (tertiary/aromatic N) is 2. The van der Waals surface area contributed by atoms with Crippen LogP contribution in [-0.2, 0) is 26.0 Å². The van der Waals surface area contributed by atoms with Crippen LogP contribution in [0.15, 0.2) is 83.8 Å². The van der Waals surface area contributed by atoms with Gasteiger partial charge in [0.1, 0.15) is 24.2 Å². The van der Waals surface area contributed by atoms with E-state index in [4.69, 9.17) is 4.74 Å². The zero-order valence-corrected chi connectivity index (χ0v) is 23.3. The minimum atomic E-state index is -4.25. The highest BCUT2D eigenvalue weighted by molar-refractivity contribution is 7.92. The highest BCUT2D eigenvalue weighted by Gasteiger charge is 2.32. The van der Waals surface area contributed by atoms with Crippen LogP contribution in [0.25, 0.3) is 0 Å². The topological polar surface area (TPSA) is 96.0 Å². The number of benzene rings is 3. The maximum Gasteiger partial charge on any atom is 0.264 e. The SMILES string of the molecule is COc1ccc(S(=O)(=O)N(CC(=O)N(CCc2ccccc2)[C@H](C)C(=O)NC(C)C)c2ccc(F)cc2)cc1. The van der Waals surface area contributed by atoms with Gasteiger partial charge in [-0.1, -0.05) is 30.3 Å². The number of methoxy groups -OCH3 is 1. The van der Waals surface area contributed by atoms with Crippen molar-refractivity contribution in [3.8, 4) is 5.75 Å². The van der Waals surface area contributed by atoms with Gasteiger partial charge in [0.15, 0.2) is 0 Å². The lowest BCUT2D eigenvalue weighted by molar-refractivity contribution is -0.139. The van der Waals surface area contributed by atoms with Crippen molar-refractivity contribution >= 4 is 27.5 Å². The molecular weight excluding hydrogens is 521 g/mol. The van der Waals surface area contributed by atoms with E-state index in [2.05, 4.69) is 5.32 Å². The molecule has 0 spiro atoms. The Morgan fingerprint density at radius 2 is 1.54 bits per heavy atom. The van der Waals surface area contributed by atoms with E-state index < -0.39 is 34.3 Å².